The van der Waals surface area contributed by atoms with Gasteiger partial charge in [0.25, 0.3) is 5.91 Å². The highest BCUT2D eigenvalue weighted by Gasteiger charge is 2.25. The van der Waals surface area contributed by atoms with Crippen molar-refractivity contribution >= 4 is 11.8 Å². The van der Waals surface area contributed by atoms with Gasteiger partial charge in [0.15, 0.2) is 11.6 Å². The number of likely N-dealkylation sites (tertiary alicyclic amines) is 1. The summed E-state index contributed by atoms with van der Waals surface area (Å²) in [5, 5.41) is 0. The van der Waals surface area contributed by atoms with E-state index in [-0.39, 0.29) is 24.0 Å². The van der Waals surface area contributed by atoms with Crippen LogP contribution in [-0.2, 0) is 14.4 Å². The van der Waals surface area contributed by atoms with E-state index in [2.05, 4.69) is 10.3 Å². The van der Waals surface area contributed by atoms with Gasteiger partial charge in [-0.3, -0.25) is 14.4 Å². The molecule has 1 unspecified atom stereocenters. The van der Waals surface area contributed by atoms with Crippen LogP contribution in [0.4, 0.5) is 8.78 Å². The quantitative estimate of drug-likeness (QED) is 0.495. The van der Waals surface area contributed by atoms with Crippen LogP contribution in [0.25, 0.3) is 11.1 Å². The SMILES string of the molecule is CONC(=O)CC(=O)N1CCCC(COc2ccc(-c3cc(F)c(F)cc3OC)cc2)C1. The zero-order valence-corrected chi connectivity index (χ0v) is 18.0. The van der Waals surface area contributed by atoms with Crippen molar-refractivity contribution in [2.24, 2.45) is 5.92 Å². The lowest BCUT2D eigenvalue weighted by Crippen LogP contribution is -2.43. The molecule has 2 aromatic carbocycles. The lowest BCUT2D eigenvalue weighted by atomic mass is 9.98. The van der Waals surface area contributed by atoms with Crippen molar-refractivity contribution in [2.45, 2.75) is 19.3 Å². The van der Waals surface area contributed by atoms with Gasteiger partial charge in [0.1, 0.15) is 17.9 Å². The third kappa shape index (κ3) is 5.94. The third-order valence-corrected chi connectivity index (χ3v) is 5.29. The number of carbonyl (C=O) groups excluding carboxylic acids is 2. The number of nitrogens with one attached hydrogen (secondary N) is 1. The van der Waals surface area contributed by atoms with E-state index in [9.17, 15) is 18.4 Å². The number of halogens is 2. The largest absolute Gasteiger partial charge is 0.496 e. The summed E-state index contributed by atoms with van der Waals surface area (Å²) >= 11 is 0. The Hall–Kier alpha value is -3.20. The average molecular weight is 448 g/mol. The van der Waals surface area contributed by atoms with E-state index in [1.165, 1.54) is 14.2 Å². The van der Waals surface area contributed by atoms with Crippen LogP contribution < -0.4 is 15.0 Å². The van der Waals surface area contributed by atoms with Crippen LogP contribution in [0, 0.1) is 17.6 Å². The first-order valence-corrected chi connectivity index (χ1v) is 10.3. The van der Waals surface area contributed by atoms with Crippen molar-refractivity contribution in [3.63, 3.8) is 0 Å². The molecule has 9 heteroatoms. The van der Waals surface area contributed by atoms with Gasteiger partial charge in [-0.25, -0.2) is 14.3 Å². The van der Waals surface area contributed by atoms with Crippen molar-refractivity contribution in [2.75, 3.05) is 33.9 Å². The molecule has 2 aromatic rings. The molecule has 0 bridgehead atoms. The van der Waals surface area contributed by atoms with Crippen molar-refractivity contribution in [3.8, 4) is 22.6 Å². The van der Waals surface area contributed by atoms with Gasteiger partial charge in [-0.15, -0.1) is 0 Å². The molecule has 0 saturated carbocycles. The predicted molar refractivity (Wildman–Crippen MR) is 113 cm³/mol. The molecule has 1 aliphatic heterocycles. The maximum Gasteiger partial charge on any atom is 0.252 e. The Bertz CT molecular complexity index is 952. The van der Waals surface area contributed by atoms with Crippen LogP contribution in [0.1, 0.15) is 19.3 Å². The minimum atomic E-state index is -0.968. The fraction of sp³-hybridized carbons (Fsp3) is 0.391. The number of benzene rings is 2. The van der Waals surface area contributed by atoms with Gasteiger partial charge >= 0.3 is 0 Å². The molecule has 0 radical (unpaired) electrons. The molecule has 1 saturated heterocycles. The Balaban J connectivity index is 1.57. The average Bonchev–Trinajstić information content (AvgIpc) is 2.80. The topological polar surface area (TPSA) is 77.1 Å². The number of nitrogens with zero attached hydrogens (tertiary/aromatic N) is 1. The van der Waals surface area contributed by atoms with Gasteiger partial charge in [0, 0.05) is 30.6 Å². The normalized spacial score (nSPS) is 15.9. The van der Waals surface area contributed by atoms with Crippen LogP contribution in [0.2, 0.25) is 0 Å². The second-order valence-corrected chi connectivity index (χ2v) is 7.56. The van der Waals surface area contributed by atoms with E-state index in [0.29, 0.717) is 36.6 Å². The number of hydrogen-bond donors (Lipinski definition) is 1. The Morgan fingerprint density at radius 1 is 1.12 bits per heavy atom. The number of methoxy groups -OCH3 is 1. The number of hydrogen-bond acceptors (Lipinski definition) is 5. The van der Waals surface area contributed by atoms with Gasteiger partial charge < -0.3 is 14.4 Å². The summed E-state index contributed by atoms with van der Waals surface area (Å²) in [7, 11) is 2.72. The second-order valence-electron chi connectivity index (χ2n) is 7.56. The molecule has 3 rings (SSSR count). The zero-order valence-electron chi connectivity index (χ0n) is 18.0. The van der Waals surface area contributed by atoms with E-state index in [1.54, 1.807) is 29.2 Å². The molecular formula is C23H26F2N2O5. The lowest BCUT2D eigenvalue weighted by molar-refractivity contribution is -0.141. The number of rotatable bonds is 8. The summed E-state index contributed by atoms with van der Waals surface area (Å²) in [4.78, 5) is 30.0. The first-order valence-electron chi connectivity index (χ1n) is 10.3. The molecular weight excluding hydrogens is 422 g/mol. The Labute approximate surface area is 185 Å². The summed E-state index contributed by atoms with van der Waals surface area (Å²) in [5.41, 5.74) is 3.25. The summed E-state index contributed by atoms with van der Waals surface area (Å²) in [6, 6.07) is 9.10. The minimum absolute atomic E-state index is 0.143. The van der Waals surface area contributed by atoms with Gasteiger partial charge in [-0.05, 0) is 36.6 Å². The molecule has 0 aromatic heterocycles. The van der Waals surface area contributed by atoms with Gasteiger partial charge in [0.2, 0.25) is 5.91 Å². The predicted octanol–water partition coefficient (Wildman–Crippen LogP) is 3.33. The molecule has 1 atom stereocenters. The molecule has 0 aliphatic carbocycles. The molecule has 172 valence electrons. The second kappa shape index (κ2) is 10.9. The number of ether oxygens (including phenoxy) is 2. The summed E-state index contributed by atoms with van der Waals surface area (Å²) in [5.74, 6) is -1.63. The van der Waals surface area contributed by atoms with Gasteiger partial charge in [0.05, 0.1) is 20.8 Å². The zero-order chi connectivity index (χ0) is 23.1. The van der Waals surface area contributed by atoms with Crippen molar-refractivity contribution < 1.29 is 32.7 Å². The molecule has 7 nitrogen and oxygen atoms in total. The van der Waals surface area contributed by atoms with Crippen molar-refractivity contribution in [3.05, 3.63) is 48.0 Å². The summed E-state index contributed by atoms with van der Waals surface area (Å²) in [6.45, 7) is 1.55. The number of carbonyl (C=O) groups is 2. The standard InChI is InChI=1S/C23H26F2N2O5/c1-30-21-11-20(25)19(24)10-18(21)16-5-7-17(8-6-16)32-14-15-4-3-9-27(13-15)23(29)12-22(28)26-31-2/h5-8,10-11,15H,3-4,9,12-14H2,1-2H3,(H,26,28). The highest BCUT2D eigenvalue weighted by atomic mass is 19.2. The summed E-state index contributed by atoms with van der Waals surface area (Å²) < 4.78 is 38.2. The molecule has 0 spiro atoms. The van der Waals surface area contributed by atoms with Gasteiger partial charge in [-0.2, -0.15) is 0 Å². The highest BCUT2D eigenvalue weighted by Crippen LogP contribution is 2.33. The fourth-order valence-corrected chi connectivity index (χ4v) is 3.69. The highest BCUT2D eigenvalue weighted by molar-refractivity contribution is 5.96. The summed E-state index contributed by atoms with van der Waals surface area (Å²) in [6.07, 6.45) is 1.50. The number of piperidine rings is 1. The van der Waals surface area contributed by atoms with Crippen LogP contribution >= 0.6 is 0 Å². The maximum atomic E-state index is 13.7. The van der Waals surface area contributed by atoms with E-state index in [0.717, 1.165) is 25.0 Å². The Morgan fingerprint density at radius 2 is 1.84 bits per heavy atom. The molecule has 2 amide bonds. The van der Waals surface area contributed by atoms with Crippen LogP contribution in [0.3, 0.4) is 0 Å². The first-order chi connectivity index (χ1) is 15.4. The number of amides is 2. The molecule has 1 aliphatic rings. The van der Waals surface area contributed by atoms with Crippen LogP contribution in [0.15, 0.2) is 36.4 Å². The van der Waals surface area contributed by atoms with E-state index in [1.807, 2.05) is 0 Å². The molecule has 1 N–H and O–H groups in total. The molecule has 32 heavy (non-hydrogen) atoms. The third-order valence-electron chi connectivity index (χ3n) is 5.29. The van der Waals surface area contributed by atoms with E-state index >= 15 is 0 Å². The Morgan fingerprint density at radius 3 is 2.53 bits per heavy atom. The fourth-order valence-electron chi connectivity index (χ4n) is 3.69. The Kier molecular flexibility index (Phi) is 7.99. The van der Waals surface area contributed by atoms with E-state index in [4.69, 9.17) is 9.47 Å². The molecule has 1 fully saturated rings. The van der Waals surface area contributed by atoms with Crippen LogP contribution in [0.5, 0.6) is 11.5 Å². The van der Waals surface area contributed by atoms with Crippen molar-refractivity contribution in [1.29, 1.82) is 0 Å². The maximum absolute atomic E-state index is 13.7. The lowest BCUT2D eigenvalue weighted by Gasteiger charge is -2.32. The first kappa shape index (κ1) is 23.5. The minimum Gasteiger partial charge on any atom is -0.496 e. The van der Waals surface area contributed by atoms with Gasteiger partial charge in [-0.1, -0.05) is 12.1 Å². The van der Waals surface area contributed by atoms with Crippen molar-refractivity contribution in [1.82, 2.24) is 10.4 Å². The smallest absolute Gasteiger partial charge is 0.252 e. The van der Waals surface area contributed by atoms with Crippen LogP contribution in [-0.4, -0.2) is 50.6 Å². The van der Waals surface area contributed by atoms with E-state index < -0.39 is 17.5 Å². The number of hydroxylamine groups is 1. The monoisotopic (exact) mass is 448 g/mol. The molecule has 1 heterocycles.